The highest BCUT2D eigenvalue weighted by Crippen LogP contribution is 2.36. The monoisotopic (exact) mass is 351 g/mol. The Hall–Kier alpha value is -1.56. The zero-order valence-corrected chi connectivity index (χ0v) is 14.5. The highest BCUT2D eigenvalue weighted by molar-refractivity contribution is 7.99. The Morgan fingerprint density at radius 3 is 2.79 bits per heavy atom. The van der Waals surface area contributed by atoms with Crippen molar-refractivity contribution >= 4 is 23.6 Å². The molecule has 2 fully saturated rings. The first kappa shape index (κ1) is 17.3. The first-order chi connectivity index (χ1) is 11.5. The number of rotatable bonds is 4. The molecule has 4 nitrogen and oxygen atoms in total. The first-order valence-corrected chi connectivity index (χ1v) is 9.52. The molecule has 130 valence electrons. The molecule has 2 atom stereocenters. The van der Waals surface area contributed by atoms with Gasteiger partial charge in [0, 0.05) is 13.3 Å². The highest BCUT2D eigenvalue weighted by atomic mass is 32.2. The van der Waals surface area contributed by atoms with Crippen LogP contribution in [0, 0.1) is 5.82 Å². The van der Waals surface area contributed by atoms with Crippen LogP contribution in [-0.4, -0.2) is 36.0 Å². The van der Waals surface area contributed by atoms with E-state index in [1.807, 2.05) is 23.9 Å². The zero-order chi connectivity index (χ0) is 17.1. The average molecular weight is 351 g/mol. The number of carbonyl (C=O) groups is 2. The van der Waals surface area contributed by atoms with Gasteiger partial charge in [-0.1, -0.05) is 12.1 Å². The summed E-state index contributed by atoms with van der Waals surface area (Å²) in [6, 6.07) is 5.18. The molecule has 0 saturated carbocycles. The number of benzene rings is 1. The molecule has 6 heteroatoms. The maximum Gasteiger partial charge on any atom is 0.313 e. The van der Waals surface area contributed by atoms with Crippen LogP contribution in [0.1, 0.15) is 49.1 Å². The van der Waals surface area contributed by atoms with Gasteiger partial charge < -0.3 is 10.1 Å². The second-order valence-electron chi connectivity index (χ2n) is 6.45. The van der Waals surface area contributed by atoms with Crippen molar-refractivity contribution in [2.45, 2.75) is 44.1 Å². The fourth-order valence-corrected chi connectivity index (χ4v) is 4.51. The predicted octanol–water partition coefficient (Wildman–Crippen LogP) is 2.97. The van der Waals surface area contributed by atoms with Crippen LogP contribution in [0.2, 0.25) is 0 Å². The van der Waals surface area contributed by atoms with Crippen molar-refractivity contribution in [3.05, 3.63) is 35.1 Å². The van der Waals surface area contributed by atoms with Crippen LogP contribution in [0.25, 0.3) is 0 Å². The largest absolute Gasteiger partial charge is 0.460 e. The normalized spacial score (nSPS) is 24.7. The molecule has 0 aliphatic carbocycles. The Balaban J connectivity index is 1.69. The SMILES string of the molecule is CC(=O)NC[C@@H]1CC(c2ccc(C3CCSCC3)c(F)c2)C(=O)O1. The number of carbonyl (C=O) groups excluding carboxylic acids is 2. The predicted molar refractivity (Wildman–Crippen MR) is 91.6 cm³/mol. The standard InChI is InChI=1S/C18H22FNO3S/c1-11(21)20-10-14-9-16(18(22)23-14)13-2-3-15(17(19)8-13)12-4-6-24-7-5-12/h2-3,8,12,14,16H,4-7,9-10H2,1H3,(H,20,21)/t14-,16?/m0/s1. The Morgan fingerprint density at radius 2 is 2.12 bits per heavy atom. The Morgan fingerprint density at radius 1 is 1.38 bits per heavy atom. The smallest absolute Gasteiger partial charge is 0.313 e. The quantitative estimate of drug-likeness (QED) is 0.848. The van der Waals surface area contributed by atoms with Crippen LogP contribution in [-0.2, 0) is 14.3 Å². The van der Waals surface area contributed by atoms with Gasteiger partial charge >= 0.3 is 5.97 Å². The Labute approximate surface area is 145 Å². The topological polar surface area (TPSA) is 55.4 Å². The Bertz CT molecular complexity index is 631. The molecule has 1 amide bonds. The van der Waals surface area contributed by atoms with Gasteiger partial charge in [-0.05, 0) is 47.5 Å². The minimum absolute atomic E-state index is 0.157. The summed E-state index contributed by atoms with van der Waals surface area (Å²) in [5.41, 5.74) is 1.43. The van der Waals surface area contributed by atoms with Crippen molar-refractivity contribution in [3.8, 4) is 0 Å². The van der Waals surface area contributed by atoms with Crippen LogP contribution in [0.4, 0.5) is 4.39 Å². The van der Waals surface area contributed by atoms with Gasteiger partial charge in [0.25, 0.3) is 0 Å². The van der Waals surface area contributed by atoms with Gasteiger partial charge in [0.05, 0.1) is 12.5 Å². The second-order valence-corrected chi connectivity index (χ2v) is 7.68. The summed E-state index contributed by atoms with van der Waals surface area (Å²) in [6.07, 6.45) is 2.14. The van der Waals surface area contributed by atoms with Crippen molar-refractivity contribution in [3.63, 3.8) is 0 Å². The summed E-state index contributed by atoms with van der Waals surface area (Å²) in [4.78, 5) is 23.0. The van der Waals surface area contributed by atoms with Crippen LogP contribution >= 0.6 is 11.8 Å². The molecule has 0 aromatic heterocycles. The summed E-state index contributed by atoms with van der Waals surface area (Å²) in [6.45, 7) is 1.73. The summed E-state index contributed by atoms with van der Waals surface area (Å²) < 4.78 is 19.8. The number of hydrogen-bond donors (Lipinski definition) is 1. The summed E-state index contributed by atoms with van der Waals surface area (Å²) in [5.74, 6) is 1.26. The minimum Gasteiger partial charge on any atom is -0.460 e. The third-order valence-corrected chi connectivity index (χ3v) is 5.78. The summed E-state index contributed by atoms with van der Waals surface area (Å²) >= 11 is 1.92. The van der Waals surface area contributed by atoms with Crippen molar-refractivity contribution in [1.82, 2.24) is 5.32 Å². The molecule has 1 aromatic rings. The van der Waals surface area contributed by atoms with Crippen molar-refractivity contribution < 1.29 is 18.7 Å². The van der Waals surface area contributed by atoms with Gasteiger partial charge in [-0.3, -0.25) is 9.59 Å². The second kappa shape index (κ2) is 7.55. The molecule has 0 bridgehead atoms. The maximum absolute atomic E-state index is 14.6. The maximum atomic E-state index is 14.6. The molecule has 0 spiro atoms. The van der Waals surface area contributed by atoms with E-state index in [1.54, 1.807) is 0 Å². The lowest BCUT2D eigenvalue weighted by atomic mass is 9.89. The van der Waals surface area contributed by atoms with E-state index < -0.39 is 5.92 Å². The van der Waals surface area contributed by atoms with Gasteiger partial charge in [-0.15, -0.1) is 0 Å². The lowest BCUT2D eigenvalue weighted by Gasteiger charge is -2.22. The zero-order valence-electron chi connectivity index (χ0n) is 13.7. The van der Waals surface area contributed by atoms with Crippen LogP contribution in [0.3, 0.4) is 0 Å². The molecule has 0 radical (unpaired) electrons. The number of thioether (sulfide) groups is 1. The van der Waals surface area contributed by atoms with Crippen molar-refractivity contribution in [2.75, 3.05) is 18.1 Å². The minimum atomic E-state index is -0.450. The van der Waals surface area contributed by atoms with Crippen LogP contribution < -0.4 is 5.32 Å². The molecule has 1 N–H and O–H groups in total. The first-order valence-electron chi connectivity index (χ1n) is 8.36. The number of esters is 1. The molecule has 2 heterocycles. The number of hydrogen-bond acceptors (Lipinski definition) is 4. The van der Waals surface area contributed by atoms with E-state index in [-0.39, 0.29) is 29.7 Å². The van der Waals surface area contributed by atoms with E-state index >= 15 is 0 Å². The summed E-state index contributed by atoms with van der Waals surface area (Å²) in [5, 5.41) is 2.65. The molecule has 3 rings (SSSR count). The number of nitrogens with one attached hydrogen (secondary N) is 1. The molecule has 2 aliphatic rings. The number of ether oxygens (including phenoxy) is 1. The fourth-order valence-electron chi connectivity index (χ4n) is 3.41. The lowest BCUT2D eigenvalue weighted by molar-refractivity contribution is -0.142. The molecule has 1 aromatic carbocycles. The third kappa shape index (κ3) is 3.91. The lowest BCUT2D eigenvalue weighted by Crippen LogP contribution is -2.30. The van der Waals surface area contributed by atoms with Crippen molar-refractivity contribution in [1.29, 1.82) is 0 Å². The molecular formula is C18H22FNO3S. The molecule has 2 aliphatic heterocycles. The average Bonchev–Trinajstić information content (AvgIpc) is 2.94. The van der Waals surface area contributed by atoms with E-state index in [0.29, 0.717) is 18.5 Å². The van der Waals surface area contributed by atoms with Gasteiger partial charge in [0.1, 0.15) is 11.9 Å². The molecule has 24 heavy (non-hydrogen) atoms. The van der Waals surface area contributed by atoms with E-state index in [4.69, 9.17) is 4.74 Å². The van der Waals surface area contributed by atoms with E-state index in [2.05, 4.69) is 5.32 Å². The molecule has 1 unspecified atom stereocenters. The van der Waals surface area contributed by atoms with E-state index in [9.17, 15) is 14.0 Å². The van der Waals surface area contributed by atoms with Gasteiger partial charge in [0.2, 0.25) is 5.91 Å². The number of cyclic esters (lactones) is 1. The summed E-state index contributed by atoms with van der Waals surface area (Å²) in [7, 11) is 0. The van der Waals surface area contributed by atoms with Crippen molar-refractivity contribution in [2.24, 2.45) is 0 Å². The van der Waals surface area contributed by atoms with Crippen LogP contribution in [0.15, 0.2) is 18.2 Å². The van der Waals surface area contributed by atoms with E-state index in [0.717, 1.165) is 29.9 Å². The van der Waals surface area contributed by atoms with Gasteiger partial charge in [-0.25, -0.2) is 4.39 Å². The molecular weight excluding hydrogens is 329 g/mol. The highest BCUT2D eigenvalue weighted by Gasteiger charge is 2.36. The number of halogens is 1. The van der Waals surface area contributed by atoms with Gasteiger partial charge in [0.15, 0.2) is 0 Å². The fraction of sp³-hybridized carbons (Fsp3) is 0.556. The van der Waals surface area contributed by atoms with Gasteiger partial charge in [-0.2, -0.15) is 11.8 Å². The Kier molecular flexibility index (Phi) is 5.43. The third-order valence-electron chi connectivity index (χ3n) is 4.73. The molecule has 2 saturated heterocycles. The van der Waals surface area contributed by atoms with E-state index in [1.165, 1.54) is 13.0 Å². The van der Waals surface area contributed by atoms with Crippen LogP contribution in [0.5, 0.6) is 0 Å². The number of amides is 1.